The molecule has 0 aliphatic carbocycles. The number of ketones is 1. The number of carbonyl (C=O) groups excluding carboxylic acids is 1. The molecule has 0 bridgehead atoms. The molecule has 0 saturated heterocycles. The van der Waals surface area contributed by atoms with Crippen LogP contribution in [0.25, 0.3) is 6.08 Å². The van der Waals surface area contributed by atoms with Crippen molar-refractivity contribution in [2.75, 3.05) is 46.7 Å². The van der Waals surface area contributed by atoms with Gasteiger partial charge in [0, 0.05) is 18.8 Å². The van der Waals surface area contributed by atoms with Crippen LogP contribution in [-0.2, 0) is 0 Å². The summed E-state index contributed by atoms with van der Waals surface area (Å²) < 4.78 is 10.5. The number of ether oxygens (including phenoxy) is 2. The summed E-state index contributed by atoms with van der Waals surface area (Å²) in [5.74, 6) is 1.01. The average molecular weight is 354 g/mol. The molecule has 2 rings (SSSR count). The average Bonchev–Trinajstić information content (AvgIpc) is 2.66. The molecule has 0 aliphatic heterocycles. The zero-order valence-corrected chi connectivity index (χ0v) is 15.8. The van der Waals surface area contributed by atoms with Crippen molar-refractivity contribution >= 4 is 17.5 Å². The topological polar surface area (TPSA) is 50.8 Å². The van der Waals surface area contributed by atoms with Crippen LogP contribution in [0.5, 0.6) is 11.5 Å². The lowest BCUT2D eigenvalue weighted by Crippen LogP contribution is -2.21. The van der Waals surface area contributed by atoms with E-state index in [1.54, 1.807) is 38.5 Å². The van der Waals surface area contributed by atoms with E-state index >= 15 is 0 Å². The largest absolute Gasteiger partial charge is 0.497 e. The minimum atomic E-state index is -0.135. The maximum Gasteiger partial charge on any atom is 0.189 e. The van der Waals surface area contributed by atoms with Gasteiger partial charge in [0.15, 0.2) is 5.78 Å². The fourth-order valence-electron chi connectivity index (χ4n) is 2.48. The number of hydrogen-bond donors (Lipinski definition) is 1. The fourth-order valence-corrected chi connectivity index (χ4v) is 2.48. The van der Waals surface area contributed by atoms with Crippen molar-refractivity contribution < 1.29 is 14.3 Å². The van der Waals surface area contributed by atoms with Gasteiger partial charge < -0.3 is 19.7 Å². The number of hydrogen-bond acceptors (Lipinski definition) is 5. The Labute approximate surface area is 155 Å². The SMILES string of the molecule is COc1ccc(OC)c(C(=O)/C=C/c2ccccc2NCCN(C)C)c1. The highest BCUT2D eigenvalue weighted by Gasteiger charge is 2.11. The van der Waals surface area contributed by atoms with Crippen LogP contribution in [0.3, 0.4) is 0 Å². The van der Waals surface area contributed by atoms with Crippen LogP contribution in [0.15, 0.2) is 48.5 Å². The molecule has 0 aliphatic rings. The Bertz CT molecular complexity index is 770. The first-order chi connectivity index (χ1) is 12.5. The summed E-state index contributed by atoms with van der Waals surface area (Å²) in [6.45, 7) is 1.76. The standard InChI is InChI=1S/C21H26N2O3/c1-23(2)14-13-22-19-8-6-5-7-16(19)9-11-20(24)18-15-17(25-3)10-12-21(18)26-4/h5-12,15,22H,13-14H2,1-4H3/b11-9+. The molecule has 0 amide bonds. The third-order valence-corrected chi connectivity index (χ3v) is 3.92. The molecule has 5 heteroatoms. The molecule has 0 unspecified atom stereocenters. The van der Waals surface area contributed by atoms with Crippen LogP contribution >= 0.6 is 0 Å². The first kappa shape index (κ1) is 19.5. The van der Waals surface area contributed by atoms with Crippen molar-refractivity contribution in [1.29, 1.82) is 0 Å². The number of nitrogens with one attached hydrogen (secondary N) is 1. The molecule has 138 valence electrons. The zero-order valence-electron chi connectivity index (χ0n) is 15.8. The summed E-state index contributed by atoms with van der Waals surface area (Å²) in [4.78, 5) is 14.7. The van der Waals surface area contributed by atoms with E-state index in [1.165, 1.54) is 0 Å². The molecule has 1 N–H and O–H groups in total. The minimum Gasteiger partial charge on any atom is -0.497 e. The third kappa shape index (κ3) is 5.36. The van der Waals surface area contributed by atoms with Crippen molar-refractivity contribution in [1.82, 2.24) is 4.90 Å². The van der Waals surface area contributed by atoms with Gasteiger partial charge in [0.25, 0.3) is 0 Å². The van der Waals surface area contributed by atoms with E-state index in [2.05, 4.69) is 10.2 Å². The molecule has 0 radical (unpaired) electrons. The van der Waals surface area contributed by atoms with E-state index in [0.717, 1.165) is 24.3 Å². The molecule has 0 spiro atoms. The summed E-state index contributed by atoms with van der Waals surface area (Å²) >= 11 is 0. The van der Waals surface area contributed by atoms with Gasteiger partial charge in [-0.05, 0) is 56.1 Å². The number of rotatable bonds is 9. The first-order valence-corrected chi connectivity index (χ1v) is 8.47. The Balaban J connectivity index is 2.18. The lowest BCUT2D eigenvalue weighted by molar-refractivity contribution is 0.104. The summed E-state index contributed by atoms with van der Waals surface area (Å²) in [6.07, 6.45) is 3.38. The first-order valence-electron chi connectivity index (χ1n) is 8.47. The molecule has 0 heterocycles. The summed E-state index contributed by atoms with van der Waals surface area (Å²) in [6, 6.07) is 13.1. The van der Waals surface area contributed by atoms with Crippen LogP contribution in [0.1, 0.15) is 15.9 Å². The number of likely N-dealkylation sites (N-methyl/N-ethyl adjacent to an activating group) is 1. The van der Waals surface area contributed by atoms with E-state index in [4.69, 9.17) is 9.47 Å². The van der Waals surface area contributed by atoms with Crippen molar-refractivity contribution in [3.8, 4) is 11.5 Å². The lowest BCUT2D eigenvalue weighted by atomic mass is 10.1. The molecule has 0 atom stereocenters. The Kier molecular flexibility index (Phi) is 7.24. The quantitative estimate of drug-likeness (QED) is 0.551. The Hall–Kier alpha value is -2.79. The van der Waals surface area contributed by atoms with E-state index in [1.807, 2.05) is 44.4 Å². The van der Waals surface area contributed by atoms with Gasteiger partial charge >= 0.3 is 0 Å². The Morgan fingerprint density at radius 2 is 1.88 bits per heavy atom. The van der Waals surface area contributed by atoms with Gasteiger partial charge in [-0.3, -0.25) is 4.79 Å². The van der Waals surface area contributed by atoms with Crippen LogP contribution in [0, 0.1) is 0 Å². The monoisotopic (exact) mass is 354 g/mol. The van der Waals surface area contributed by atoms with Gasteiger partial charge in [-0.15, -0.1) is 0 Å². The maximum absolute atomic E-state index is 12.6. The second-order valence-corrected chi connectivity index (χ2v) is 6.08. The Morgan fingerprint density at radius 1 is 1.12 bits per heavy atom. The zero-order chi connectivity index (χ0) is 18.9. The van der Waals surface area contributed by atoms with E-state index < -0.39 is 0 Å². The van der Waals surface area contributed by atoms with Crippen LogP contribution in [0.2, 0.25) is 0 Å². The van der Waals surface area contributed by atoms with Gasteiger partial charge in [-0.2, -0.15) is 0 Å². The number of carbonyl (C=O) groups is 1. The second-order valence-electron chi connectivity index (χ2n) is 6.08. The van der Waals surface area contributed by atoms with E-state index in [9.17, 15) is 4.79 Å². The van der Waals surface area contributed by atoms with Gasteiger partial charge in [0.05, 0.1) is 19.8 Å². The van der Waals surface area contributed by atoms with Gasteiger partial charge in [-0.1, -0.05) is 18.2 Å². The van der Waals surface area contributed by atoms with Crippen molar-refractivity contribution in [3.05, 3.63) is 59.7 Å². The van der Waals surface area contributed by atoms with Gasteiger partial charge in [0.1, 0.15) is 11.5 Å². The number of para-hydroxylation sites is 1. The van der Waals surface area contributed by atoms with Crippen LogP contribution < -0.4 is 14.8 Å². The summed E-state index contributed by atoms with van der Waals surface area (Å²) in [5.41, 5.74) is 2.43. The minimum absolute atomic E-state index is 0.135. The molecular weight excluding hydrogens is 328 g/mol. The molecule has 2 aromatic carbocycles. The van der Waals surface area contributed by atoms with Crippen molar-refractivity contribution in [3.63, 3.8) is 0 Å². The second kappa shape index (κ2) is 9.63. The van der Waals surface area contributed by atoms with Gasteiger partial charge in [-0.25, -0.2) is 0 Å². The maximum atomic E-state index is 12.6. The van der Waals surface area contributed by atoms with E-state index in [0.29, 0.717) is 17.1 Å². The predicted molar refractivity (Wildman–Crippen MR) is 106 cm³/mol. The van der Waals surface area contributed by atoms with Crippen LogP contribution in [-0.4, -0.2) is 52.1 Å². The number of allylic oxidation sites excluding steroid dienone is 1. The Morgan fingerprint density at radius 3 is 2.58 bits per heavy atom. The number of methoxy groups -OCH3 is 2. The molecule has 0 aromatic heterocycles. The number of anilines is 1. The molecule has 0 fully saturated rings. The van der Waals surface area contributed by atoms with Crippen molar-refractivity contribution in [2.24, 2.45) is 0 Å². The third-order valence-electron chi connectivity index (χ3n) is 3.92. The highest BCUT2D eigenvalue weighted by atomic mass is 16.5. The normalized spacial score (nSPS) is 11.0. The van der Waals surface area contributed by atoms with Crippen LogP contribution in [0.4, 0.5) is 5.69 Å². The molecular formula is C21H26N2O3. The molecule has 5 nitrogen and oxygen atoms in total. The highest BCUT2D eigenvalue weighted by Crippen LogP contribution is 2.25. The molecule has 26 heavy (non-hydrogen) atoms. The number of benzene rings is 2. The summed E-state index contributed by atoms with van der Waals surface area (Å²) in [7, 11) is 7.19. The number of nitrogens with zero attached hydrogens (tertiary/aromatic N) is 1. The highest BCUT2D eigenvalue weighted by molar-refractivity contribution is 6.09. The summed E-state index contributed by atoms with van der Waals surface area (Å²) in [5, 5.41) is 3.40. The predicted octanol–water partition coefficient (Wildman–Crippen LogP) is 3.57. The lowest BCUT2D eigenvalue weighted by Gasteiger charge is -2.13. The fraction of sp³-hybridized carbons (Fsp3) is 0.286. The van der Waals surface area contributed by atoms with Gasteiger partial charge in [0.2, 0.25) is 0 Å². The smallest absolute Gasteiger partial charge is 0.189 e. The molecule has 2 aromatic rings. The molecule has 0 saturated carbocycles. The van der Waals surface area contributed by atoms with E-state index in [-0.39, 0.29) is 5.78 Å². The van der Waals surface area contributed by atoms with Crippen molar-refractivity contribution in [2.45, 2.75) is 0 Å².